The van der Waals surface area contributed by atoms with Crippen molar-refractivity contribution >= 4 is 39.5 Å². The third kappa shape index (κ3) is 2.88. The van der Waals surface area contributed by atoms with E-state index in [4.69, 9.17) is 0 Å². The van der Waals surface area contributed by atoms with Crippen LogP contribution in [-0.4, -0.2) is 47.4 Å². The molecule has 0 bridgehead atoms. The van der Waals surface area contributed by atoms with Crippen LogP contribution in [0.4, 0.5) is 4.79 Å². The Morgan fingerprint density at radius 3 is 2.77 bits per heavy atom. The van der Waals surface area contributed by atoms with Crippen LogP contribution in [0.3, 0.4) is 0 Å². The summed E-state index contributed by atoms with van der Waals surface area (Å²) in [5.74, 6) is -0.439. The third-order valence-corrected chi connectivity index (χ3v) is 4.55. The van der Waals surface area contributed by atoms with Crippen molar-refractivity contribution in [3.8, 4) is 0 Å². The summed E-state index contributed by atoms with van der Waals surface area (Å²) in [5.41, 5.74) is 1.40. The van der Waals surface area contributed by atoms with Crippen LogP contribution in [0.5, 0.6) is 0 Å². The summed E-state index contributed by atoms with van der Waals surface area (Å²) in [4.78, 5) is 39.6. The van der Waals surface area contributed by atoms with Crippen LogP contribution in [0, 0.1) is 0 Å². The van der Waals surface area contributed by atoms with Gasteiger partial charge in [0.2, 0.25) is 5.91 Å². The highest BCUT2D eigenvalue weighted by Gasteiger charge is 2.27. The number of urea groups is 1. The lowest BCUT2D eigenvalue weighted by atomic mass is 10.1. The maximum atomic E-state index is 12.4. The molecule has 0 spiro atoms. The number of fused-ring (bicyclic) bond motifs is 3. The van der Waals surface area contributed by atoms with Crippen LogP contribution in [0.25, 0.3) is 21.7 Å². The van der Waals surface area contributed by atoms with Gasteiger partial charge in [0.25, 0.3) is 5.91 Å². The number of hydrogen-bond donors (Lipinski definition) is 3. The van der Waals surface area contributed by atoms with Gasteiger partial charge in [0, 0.05) is 24.0 Å². The molecule has 4 rings (SSSR count). The highest BCUT2D eigenvalue weighted by Crippen LogP contribution is 2.25. The molecule has 26 heavy (non-hydrogen) atoms. The molecule has 1 saturated heterocycles. The largest absolute Gasteiger partial charge is 0.351 e. The van der Waals surface area contributed by atoms with Gasteiger partial charge in [-0.25, -0.2) is 4.79 Å². The van der Waals surface area contributed by atoms with E-state index in [9.17, 15) is 14.4 Å². The summed E-state index contributed by atoms with van der Waals surface area (Å²) < 4.78 is 0. The number of carbonyl (C=O) groups excluding carboxylic acids is 3. The number of H-pyrrole nitrogens is 1. The Bertz CT molecular complexity index is 1010. The second-order valence-electron chi connectivity index (χ2n) is 6.24. The molecular weight excluding hydrogens is 332 g/mol. The molecule has 0 radical (unpaired) electrons. The molecule has 4 amide bonds. The maximum absolute atomic E-state index is 12.4. The molecule has 0 atom stereocenters. The van der Waals surface area contributed by atoms with Crippen molar-refractivity contribution in [2.45, 2.75) is 6.42 Å². The average molecular weight is 350 g/mol. The van der Waals surface area contributed by atoms with Gasteiger partial charge in [0.05, 0.1) is 6.54 Å². The van der Waals surface area contributed by atoms with Gasteiger partial charge in [-0.05, 0) is 29.3 Å². The molecule has 1 aliphatic rings. The monoisotopic (exact) mass is 350 g/mol. The van der Waals surface area contributed by atoms with Gasteiger partial charge in [-0.15, -0.1) is 0 Å². The van der Waals surface area contributed by atoms with Crippen LogP contribution >= 0.6 is 0 Å². The minimum atomic E-state index is -0.371. The normalized spacial score (nSPS) is 14.2. The zero-order valence-corrected chi connectivity index (χ0v) is 14.0. The number of nitrogens with one attached hydrogen (secondary N) is 3. The van der Waals surface area contributed by atoms with Gasteiger partial charge < -0.3 is 15.6 Å². The summed E-state index contributed by atoms with van der Waals surface area (Å²) in [6.07, 6.45) is 0.508. The van der Waals surface area contributed by atoms with Crippen molar-refractivity contribution in [1.82, 2.24) is 20.5 Å². The molecule has 132 valence electrons. The predicted octanol–water partition coefficient (Wildman–Crippen LogP) is 1.99. The van der Waals surface area contributed by atoms with E-state index < -0.39 is 0 Å². The zero-order chi connectivity index (χ0) is 18.1. The van der Waals surface area contributed by atoms with E-state index in [-0.39, 0.29) is 24.4 Å². The molecule has 1 aromatic heterocycles. The third-order valence-electron chi connectivity index (χ3n) is 4.55. The van der Waals surface area contributed by atoms with Gasteiger partial charge >= 0.3 is 6.03 Å². The molecule has 7 heteroatoms. The standard InChI is InChI=1S/C19H18N4O3/c24-17-11-21-19(26)23(17)9-3-8-20-18(25)16-10-14-13-5-2-1-4-12(13)6-7-15(14)22-16/h1-2,4-7,10,22H,3,8-9,11H2,(H,20,25)(H,21,26). The SMILES string of the molecule is O=C(NCCCN1C(=O)CNC1=O)c1cc2c(ccc3ccccc32)[nH]1. The number of rotatable bonds is 5. The molecule has 3 N–H and O–H groups in total. The van der Waals surface area contributed by atoms with Gasteiger partial charge in [0.15, 0.2) is 0 Å². The lowest BCUT2D eigenvalue weighted by Gasteiger charge is -2.12. The predicted molar refractivity (Wildman–Crippen MR) is 97.9 cm³/mol. The Hall–Kier alpha value is -3.35. The molecule has 0 saturated carbocycles. The molecule has 2 heterocycles. The Balaban J connectivity index is 1.41. The number of aromatic amines is 1. The number of amides is 4. The first kappa shape index (κ1) is 16.1. The number of benzene rings is 2. The quantitative estimate of drug-likeness (QED) is 0.485. The number of imide groups is 1. The van der Waals surface area contributed by atoms with Crippen LogP contribution in [0.15, 0.2) is 42.5 Å². The summed E-state index contributed by atoms with van der Waals surface area (Å²) >= 11 is 0. The Kier molecular flexibility index (Phi) is 4.04. The van der Waals surface area contributed by atoms with Gasteiger partial charge in [0.1, 0.15) is 5.69 Å². The van der Waals surface area contributed by atoms with Gasteiger partial charge in [-0.2, -0.15) is 0 Å². The average Bonchev–Trinajstić information content (AvgIpc) is 3.23. The summed E-state index contributed by atoms with van der Waals surface area (Å²) in [7, 11) is 0. The van der Waals surface area contributed by atoms with Crippen LogP contribution in [0.2, 0.25) is 0 Å². The van der Waals surface area contributed by atoms with Crippen molar-refractivity contribution in [3.63, 3.8) is 0 Å². The molecule has 1 fully saturated rings. The molecule has 0 aliphatic carbocycles. The van der Waals surface area contributed by atoms with Crippen molar-refractivity contribution in [2.24, 2.45) is 0 Å². The number of hydrogen-bond acceptors (Lipinski definition) is 3. The first-order valence-corrected chi connectivity index (χ1v) is 8.50. The van der Waals surface area contributed by atoms with Crippen molar-refractivity contribution in [3.05, 3.63) is 48.2 Å². The van der Waals surface area contributed by atoms with E-state index in [2.05, 4.69) is 15.6 Å². The van der Waals surface area contributed by atoms with E-state index in [1.54, 1.807) is 0 Å². The first-order valence-electron chi connectivity index (χ1n) is 8.50. The number of carbonyl (C=O) groups is 3. The molecule has 2 aromatic carbocycles. The summed E-state index contributed by atoms with van der Waals surface area (Å²) in [6.45, 7) is 0.725. The van der Waals surface area contributed by atoms with Gasteiger partial charge in [-0.3, -0.25) is 14.5 Å². The smallest absolute Gasteiger partial charge is 0.324 e. The molecule has 1 aliphatic heterocycles. The second kappa shape index (κ2) is 6.51. The number of aromatic nitrogens is 1. The zero-order valence-electron chi connectivity index (χ0n) is 14.0. The van der Waals surface area contributed by atoms with E-state index in [0.29, 0.717) is 25.2 Å². The lowest BCUT2D eigenvalue weighted by molar-refractivity contribution is -0.125. The maximum Gasteiger partial charge on any atom is 0.324 e. The Labute approximate surface area is 149 Å². The van der Waals surface area contributed by atoms with Gasteiger partial charge in [-0.1, -0.05) is 30.3 Å². The topological polar surface area (TPSA) is 94.3 Å². The Morgan fingerprint density at radius 1 is 1.12 bits per heavy atom. The van der Waals surface area contributed by atoms with Crippen molar-refractivity contribution < 1.29 is 14.4 Å². The molecule has 7 nitrogen and oxygen atoms in total. The second-order valence-corrected chi connectivity index (χ2v) is 6.24. The Morgan fingerprint density at radius 2 is 1.96 bits per heavy atom. The first-order chi connectivity index (χ1) is 12.6. The molecule has 0 unspecified atom stereocenters. The fraction of sp³-hybridized carbons (Fsp3) is 0.211. The van der Waals surface area contributed by atoms with E-state index in [1.165, 1.54) is 4.90 Å². The van der Waals surface area contributed by atoms with E-state index >= 15 is 0 Å². The molecular formula is C19H18N4O3. The van der Waals surface area contributed by atoms with E-state index in [0.717, 1.165) is 21.7 Å². The highest BCUT2D eigenvalue weighted by atomic mass is 16.2. The lowest BCUT2D eigenvalue weighted by Crippen LogP contribution is -2.34. The van der Waals surface area contributed by atoms with Crippen molar-refractivity contribution in [2.75, 3.05) is 19.6 Å². The van der Waals surface area contributed by atoms with Crippen LogP contribution in [0.1, 0.15) is 16.9 Å². The summed E-state index contributed by atoms with van der Waals surface area (Å²) in [6, 6.07) is 13.5. The van der Waals surface area contributed by atoms with Crippen LogP contribution in [-0.2, 0) is 4.79 Å². The van der Waals surface area contributed by atoms with Crippen molar-refractivity contribution in [1.29, 1.82) is 0 Å². The minimum absolute atomic E-state index is 0.0498. The molecule has 3 aromatic rings. The highest BCUT2D eigenvalue weighted by molar-refractivity contribution is 6.09. The summed E-state index contributed by atoms with van der Waals surface area (Å²) in [5, 5.41) is 8.52. The van der Waals surface area contributed by atoms with E-state index in [1.807, 2.05) is 42.5 Å². The fourth-order valence-electron chi connectivity index (χ4n) is 3.22. The van der Waals surface area contributed by atoms with Crippen LogP contribution < -0.4 is 10.6 Å². The minimum Gasteiger partial charge on any atom is -0.351 e. The fourth-order valence-corrected chi connectivity index (χ4v) is 3.22. The number of nitrogens with zero attached hydrogens (tertiary/aromatic N) is 1.